The minimum Gasteiger partial charge on any atom is -0.395 e. The molecule has 0 bridgehead atoms. The Morgan fingerprint density at radius 1 is 1.47 bits per heavy atom. The van der Waals surface area contributed by atoms with Crippen LogP contribution in [0.5, 0.6) is 0 Å². The van der Waals surface area contributed by atoms with Crippen LogP contribution in [0.15, 0.2) is 12.5 Å². The Bertz CT molecular complexity index is 570. The summed E-state index contributed by atoms with van der Waals surface area (Å²) in [5, 5.41) is 12.6. The lowest BCUT2D eigenvalue weighted by atomic mass is 10.1. The first-order chi connectivity index (χ1) is 9.33. The molecule has 19 heavy (non-hydrogen) atoms. The average molecular weight is 263 g/mol. The van der Waals surface area contributed by atoms with Crippen LogP contribution >= 0.6 is 0 Å². The summed E-state index contributed by atoms with van der Waals surface area (Å²) < 4.78 is 0. The van der Waals surface area contributed by atoms with Crippen LogP contribution in [0.2, 0.25) is 0 Å². The molecule has 2 aromatic rings. The maximum Gasteiger partial charge on any atom is 0.177 e. The van der Waals surface area contributed by atoms with Crippen molar-refractivity contribution in [2.75, 3.05) is 19.2 Å². The Balaban J connectivity index is 1.95. The average Bonchev–Trinajstić information content (AvgIpc) is 3.05. The zero-order chi connectivity index (χ0) is 13.2. The fourth-order valence-electron chi connectivity index (χ4n) is 2.61. The van der Waals surface area contributed by atoms with Gasteiger partial charge in [-0.05, 0) is 12.8 Å². The summed E-state index contributed by atoms with van der Waals surface area (Å²) in [7, 11) is 1.54. The van der Waals surface area contributed by atoms with Crippen LogP contribution in [0.1, 0.15) is 24.4 Å². The number of aliphatic hydroxyl groups is 1. The van der Waals surface area contributed by atoms with Gasteiger partial charge in [-0.1, -0.05) is 0 Å². The number of hydrogen-bond acceptors (Lipinski definition) is 6. The first kappa shape index (κ1) is 12.3. The second-order valence-electron chi connectivity index (χ2n) is 4.67. The van der Waals surface area contributed by atoms with E-state index in [4.69, 9.17) is 4.84 Å². The molecule has 1 saturated heterocycles. The van der Waals surface area contributed by atoms with Gasteiger partial charge in [0.1, 0.15) is 11.8 Å². The number of anilines is 1. The highest BCUT2D eigenvalue weighted by molar-refractivity contribution is 5.88. The van der Waals surface area contributed by atoms with Crippen molar-refractivity contribution in [3.05, 3.63) is 18.1 Å². The standard InChI is InChI=1S/C12H17N5O2/c1-19-17-12-11-10(14-6-15-12)8(4-13-11)9-3-2-7(5-18)16-9/h4,6-7,9,13,16,18H,2-3,5H2,1H3,(H,14,15,17)/t7-,9+/m0/s1. The minimum absolute atomic E-state index is 0.171. The summed E-state index contributed by atoms with van der Waals surface area (Å²) in [6, 6.07) is 0.393. The van der Waals surface area contributed by atoms with Gasteiger partial charge in [-0.25, -0.2) is 15.4 Å². The molecule has 0 amide bonds. The molecule has 3 heterocycles. The van der Waals surface area contributed by atoms with Crippen LogP contribution in [0.25, 0.3) is 11.0 Å². The normalized spacial score (nSPS) is 23.1. The third-order valence-electron chi connectivity index (χ3n) is 3.53. The van der Waals surface area contributed by atoms with E-state index in [2.05, 4.69) is 25.7 Å². The highest BCUT2D eigenvalue weighted by Gasteiger charge is 2.27. The van der Waals surface area contributed by atoms with E-state index in [1.807, 2.05) is 6.20 Å². The predicted molar refractivity (Wildman–Crippen MR) is 70.5 cm³/mol. The molecule has 0 saturated carbocycles. The van der Waals surface area contributed by atoms with Gasteiger partial charge in [0, 0.05) is 23.8 Å². The largest absolute Gasteiger partial charge is 0.395 e. The topological polar surface area (TPSA) is 95.1 Å². The Hall–Kier alpha value is -1.70. The fraction of sp³-hybridized carbons (Fsp3) is 0.500. The minimum atomic E-state index is 0.171. The highest BCUT2D eigenvalue weighted by Crippen LogP contribution is 2.32. The summed E-state index contributed by atoms with van der Waals surface area (Å²) in [5.74, 6) is 0.621. The van der Waals surface area contributed by atoms with Crippen molar-refractivity contribution in [3.63, 3.8) is 0 Å². The van der Waals surface area contributed by atoms with E-state index in [1.165, 1.54) is 6.33 Å². The van der Waals surface area contributed by atoms with Gasteiger partial charge in [0.15, 0.2) is 5.82 Å². The molecule has 0 unspecified atom stereocenters. The van der Waals surface area contributed by atoms with Crippen molar-refractivity contribution in [2.45, 2.75) is 24.9 Å². The number of hydrogen-bond donors (Lipinski definition) is 4. The van der Waals surface area contributed by atoms with Gasteiger partial charge in [-0.2, -0.15) is 0 Å². The Labute approximate surface area is 110 Å². The van der Waals surface area contributed by atoms with Crippen molar-refractivity contribution in [3.8, 4) is 0 Å². The molecule has 1 aliphatic heterocycles. The number of nitrogens with zero attached hydrogens (tertiary/aromatic N) is 2. The van der Waals surface area contributed by atoms with Gasteiger partial charge in [-0.3, -0.25) is 4.84 Å². The second kappa shape index (κ2) is 5.12. The molecule has 4 N–H and O–H groups in total. The van der Waals surface area contributed by atoms with E-state index in [0.29, 0.717) is 5.82 Å². The summed E-state index contributed by atoms with van der Waals surface area (Å²) in [6.07, 6.45) is 5.43. The number of aliphatic hydroxyl groups excluding tert-OH is 1. The Morgan fingerprint density at radius 2 is 2.37 bits per heavy atom. The molecule has 1 fully saturated rings. The number of aromatic nitrogens is 3. The third kappa shape index (κ3) is 2.16. The first-order valence-electron chi connectivity index (χ1n) is 6.31. The van der Waals surface area contributed by atoms with Gasteiger partial charge >= 0.3 is 0 Å². The zero-order valence-electron chi connectivity index (χ0n) is 10.7. The molecule has 2 aromatic heterocycles. The zero-order valence-corrected chi connectivity index (χ0v) is 10.7. The highest BCUT2D eigenvalue weighted by atomic mass is 16.6. The molecule has 1 aliphatic rings. The maximum atomic E-state index is 9.19. The van der Waals surface area contributed by atoms with Gasteiger partial charge in [0.05, 0.1) is 19.2 Å². The summed E-state index contributed by atoms with van der Waals surface area (Å²) in [5.41, 5.74) is 5.54. The molecule has 2 atom stereocenters. The van der Waals surface area contributed by atoms with E-state index >= 15 is 0 Å². The van der Waals surface area contributed by atoms with Gasteiger partial charge in [-0.15, -0.1) is 0 Å². The van der Waals surface area contributed by atoms with E-state index in [0.717, 1.165) is 29.4 Å². The van der Waals surface area contributed by atoms with Crippen molar-refractivity contribution in [1.29, 1.82) is 0 Å². The van der Waals surface area contributed by atoms with Crippen molar-refractivity contribution in [2.24, 2.45) is 0 Å². The van der Waals surface area contributed by atoms with E-state index < -0.39 is 0 Å². The third-order valence-corrected chi connectivity index (χ3v) is 3.53. The molecule has 0 aromatic carbocycles. The lowest BCUT2D eigenvalue weighted by molar-refractivity contribution is 0.252. The van der Waals surface area contributed by atoms with Crippen LogP contribution in [0.3, 0.4) is 0 Å². The molecule has 0 aliphatic carbocycles. The molecule has 7 nitrogen and oxygen atoms in total. The maximum absolute atomic E-state index is 9.19. The van der Waals surface area contributed by atoms with Crippen LogP contribution in [0.4, 0.5) is 5.82 Å². The Kier molecular flexibility index (Phi) is 3.33. The Morgan fingerprint density at radius 3 is 3.11 bits per heavy atom. The lowest BCUT2D eigenvalue weighted by Crippen LogP contribution is -2.27. The lowest BCUT2D eigenvalue weighted by Gasteiger charge is -2.11. The molecular formula is C12H17N5O2. The van der Waals surface area contributed by atoms with Gasteiger partial charge in [0.2, 0.25) is 0 Å². The van der Waals surface area contributed by atoms with Crippen LogP contribution in [0, 0.1) is 0 Å². The van der Waals surface area contributed by atoms with Crippen molar-refractivity contribution < 1.29 is 9.94 Å². The van der Waals surface area contributed by atoms with Gasteiger partial charge in [0.25, 0.3) is 0 Å². The molecule has 7 heteroatoms. The number of fused-ring (bicyclic) bond motifs is 1. The van der Waals surface area contributed by atoms with Gasteiger partial charge < -0.3 is 15.4 Å². The molecule has 102 valence electrons. The van der Waals surface area contributed by atoms with E-state index in [1.54, 1.807) is 7.11 Å². The molecule has 3 rings (SSSR count). The summed E-state index contributed by atoms with van der Waals surface area (Å²) in [4.78, 5) is 16.5. The molecular weight excluding hydrogens is 246 g/mol. The number of aromatic amines is 1. The van der Waals surface area contributed by atoms with E-state index in [9.17, 15) is 5.11 Å². The van der Waals surface area contributed by atoms with Crippen molar-refractivity contribution >= 4 is 16.9 Å². The smallest absolute Gasteiger partial charge is 0.177 e. The van der Waals surface area contributed by atoms with Crippen LogP contribution in [-0.4, -0.2) is 39.8 Å². The van der Waals surface area contributed by atoms with Crippen molar-refractivity contribution in [1.82, 2.24) is 20.3 Å². The number of H-pyrrole nitrogens is 1. The summed E-state index contributed by atoms with van der Waals surface area (Å²) in [6.45, 7) is 0.171. The molecule has 0 spiro atoms. The SMILES string of the molecule is CONc1ncnc2c([C@H]3CC[C@@H](CO)N3)c[nH]c12. The number of rotatable bonds is 4. The quantitative estimate of drug-likeness (QED) is 0.607. The van der Waals surface area contributed by atoms with E-state index in [-0.39, 0.29) is 18.7 Å². The second-order valence-corrected chi connectivity index (χ2v) is 4.67. The van der Waals surface area contributed by atoms with Crippen LogP contribution in [-0.2, 0) is 4.84 Å². The summed E-state index contributed by atoms with van der Waals surface area (Å²) >= 11 is 0. The number of nitrogens with one attached hydrogen (secondary N) is 3. The molecule has 0 radical (unpaired) electrons. The first-order valence-corrected chi connectivity index (χ1v) is 6.31. The van der Waals surface area contributed by atoms with Crippen LogP contribution < -0.4 is 10.8 Å². The predicted octanol–water partition coefficient (Wildman–Crippen LogP) is 0.717. The fourth-order valence-corrected chi connectivity index (χ4v) is 2.61. The monoisotopic (exact) mass is 263 g/mol.